The van der Waals surface area contributed by atoms with Crippen LogP contribution in [0.15, 0.2) is 54.6 Å². The van der Waals surface area contributed by atoms with Crippen LogP contribution in [0.2, 0.25) is 0 Å². The number of benzene rings is 2. The highest BCUT2D eigenvalue weighted by Crippen LogP contribution is 2.29. The standard InChI is InChI=1S/C25H31N3O4/c1-26-24(29)23-16-22(32-21-6-4-3-5-7-21)17-28(23)19-12-14-27(15-13-19)25(30)18-8-10-20(31-2)11-9-18/h3-11,19,22-23H,12-17H2,1-2H3,(H,26,29)/t22-,23-/m0/s1. The fourth-order valence-electron chi connectivity index (χ4n) is 4.74. The van der Waals surface area contributed by atoms with Crippen LogP contribution in [0.3, 0.4) is 0 Å². The van der Waals surface area contributed by atoms with Gasteiger partial charge in [-0.25, -0.2) is 0 Å². The lowest BCUT2D eigenvalue weighted by molar-refractivity contribution is -0.126. The molecule has 0 saturated carbocycles. The Labute approximate surface area is 189 Å². The minimum Gasteiger partial charge on any atom is -0.497 e. The highest BCUT2D eigenvalue weighted by molar-refractivity contribution is 5.94. The quantitative estimate of drug-likeness (QED) is 0.752. The molecule has 4 rings (SSSR count). The molecule has 170 valence electrons. The second-order valence-electron chi connectivity index (χ2n) is 8.37. The fourth-order valence-corrected chi connectivity index (χ4v) is 4.74. The van der Waals surface area contributed by atoms with Crippen molar-refractivity contribution in [1.29, 1.82) is 0 Å². The van der Waals surface area contributed by atoms with E-state index in [4.69, 9.17) is 9.47 Å². The van der Waals surface area contributed by atoms with Gasteiger partial charge in [0.25, 0.3) is 5.91 Å². The van der Waals surface area contributed by atoms with E-state index in [0.29, 0.717) is 31.6 Å². The van der Waals surface area contributed by atoms with E-state index >= 15 is 0 Å². The van der Waals surface area contributed by atoms with Crippen LogP contribution in [-0.4, -0.2) is 73.6 Å². The van der Waals surface area contributed by atoms with Crippen LogP contribution in [0.1, 0.15) is 29.6 Å². The molecule has 2 heterocycles. The molecule has 0 aromatic heterocycles. The summed E-state index contributed by atoms with van der Waals surface area (Å²) in [7, 11) is 3.30. The number of likely N-dealkylation sites (N-methyl/N-ethyl adjacent to an activating group) is 1. The van der Waals surface area contributed by atoms with Gasteiger partial charge >= 0.3 is 0 Å². The van der Waals surface area contributed by atoms with Gasteiger partial charge in [-0.05, 0) is 49.2 Å². The molecular formula is C25H31N3O4. The van der Waals surface area contributed by atoms with Gasteiger partial charge in [0.15, 0.2) is 0 Å². The lowest BCUT2D eigenvalue weighted by Gasteiger charge is -2.38. The number of amides is 2. The van der Waals surface area contributed by atoms with Crippen LogP contribution >= 0.6 is 0 Å². The Morgan fingerprint density at radius 1 is 0.969 bits per heavy atom. The molecule has 0 radical (unpaired) electrons. The van der Waals surface area contributed by atoms with Crippen LogP contribution in [0.5, 0.6) is 11.5 Å². The number of hydrogen-bond acceptors (Lipinski definition) is 5. The highest BCUT2D eigenvalue weighted by atomic mass is 16.5. The topological polar surface area (TPSA) is 71.1 Å². The van der Waals surface area contributed by atoms with Crippen molar-refractivity contribution in [1.82, 2.24) is 15.1 Å². The summed E-state index contributed by atoms with van der Waals surface area (Å²) in [6.45, 7) is 2.07. The van der Waals surface area contributed by atoms with Crippen molar-refractivity contribution in [2.75, 3.05) is 33.8 Å². The van der Waals surface area contributed by atoms with Crippen molar-refractivity contribution < 1.29 is 19.1 Å². The molecular weight excluding hydrogens is 406 g/mol. The molecule has 0 bridgehead atoms. The van der Waals surface area contributed by atoms with E-state index in [2.05, 4.69) is 10.2 Å². The van der Waals surface area contributed by atoms with Gasteiger partial charge in [0.2, 0.25) is 5.91 Å². The Morgan fingerprint density at radius 3 is 2.28 bits per heavy atom. The molecule has 2 atom stereocenters. The van der Waals surface area contributed by atoms with Gasteiger partial charge in [-0.1, -0.05) is 18.2 Å². The number of para-hydroxylation sites is 1. The lowest BCUT2D eigenvalue weighted by atomic mass is 10.0. The van der Waals surface area contributed by atoms with Gasteiger partial charge in [-0.2, -0.15) is 0 Å². The molecule has 2 aliphatic heterocycles. The number of hydrogen-bond donors (Lipinski definition) is 1. The maximum Gasteiger partial charge on any atom is 0.253 e. The van der Waals surface area contributed by atoms with Gasteiger partial charge in [0.05, 0.1) is 13.2 Å². The van der Waals surface area contributed by atoms with E-state index < -0.39 is 0 Å². The average Bonchev–Trinajstić information content (AvgIpc) is 3.27. The number of ether oxygens (including phenoxy) is 2. The largest absolute Gasteiger partial charge is 0.497 e. The van der Waals surface area contributed by atoms with Gasteiger partial charge in [0, 0.05) is 44.7 Å². The monoisotopic (exact) mass is 437 g/mol. The summed E-state index contributed by atoms with van der Waals surface area (Å²) in [5.74, 6) is 1.64. The molecule has 2 fully saturated rings. The van der Waals surface area contributed by atoms with E-state index in [0.717, 1.165) is 24.3 Å². The van der Waals surface area contributed by atoms with Crippen LogP contribution in [0.25, 0.3) is 0 Å². The first-order chi connectivity index (χ1) is 15.6. The fraction of sp³-hybridized carbons (Fsp3) is 0.440. The van der Waals surface area contributed by atoms with E-state index in [1.54, 1.807) is 26.3 Å². The minimum atomic E-state index is -0.206. The van der Waals surface area contributed by atoms with Crippen molar-refractivity contribution in [2.24, 2.45) is 0 Å². The van der Waals surface area contributed by atoms with Crippen molar-refractivity contribution in [3.63, 3.8) is 0 Å². The smallest absolute Gasteiger partial charge is 0.253 e. The second kappa shape index (κ2) is 10.0. The van der Waals surface area contributed by atoms with Gasteiger partial charge < -0.3 is 19.7 Å². The van der Waals surface area contributed by atoms with Gasteiger partial charge in [0.1, 0.15) is 17.6 Å². The summed E-state index contributed by atoms with van der Waals surface area (Å²) in [5.41, 5.74) is 0.671. The Morgan fingerprint density at radius 2 is 1.66 bits per heavy atom. The number of methoxy groups -OCH3 is 1. The molecule has 0 spiro atoms. The van der Waals surface area contributed by atoms with Crippen LogP contribution < -0.4 is 14.8 Å². The number of likely N-dealkylation sites (tertiary alicyclic amines) is 2. The minimum absolute atomic E-state index is 0.0286. The molecule has 2 amide bonds. The van der Waals surface area contributed by atoms with Crippen molar-refractivity contribution in [3.8, 4) is 11.5 Å². The summed E-state index contributed by atoms with van der Waals surface area (Å²) in [6, 6.07) is 17.0. The van der Waals surface area contributed by atoms with E-state index in [1.807, 2.05) is 47.4 Å². The molecule has 32 heavy (non-hydrogen) atoms. The number of rotatable bonds is 6. The molecule has 2 aromatic rings. The van der Waals surface area contributed by atoms with Crippen LogP contribution in [0, 0.1) is 0 Å². The molecule has 7 nitrogen and oxygen atoms in total. The van der Waals surface area contributed by atoms with Crippen molar-refractivity contribution >= 4 is 11.8 Å². The number of nitrogens with one attached hydrogen (secondary N) is 1. The second-order valence-corrected chi connectivity index (χ2v) is 8.37. The summed E-state index contributed by atoms with van der Waals surface area (Å²) in [4.78, 5) is 29.7. The van der Waals surface area contributed by atoms with Crippen molar-refractivity contribution in [2.45, 2.75) is 37.5 Å². The number of carbonyl (C=O) groups excluding carboxylic acids is 2. The van der Waals surface area contributed by atoms with E-state index in [9.17, 15) is 9.59 Å². The number of piperidine rings is 1. The Kier molecular flexibility index (Phi) is 6.95. The summed E-state index contributed by atoms with van der Waals surface area (Å²) >= 11 is 0. The molecule has 2 aliphatic rings. The van der Waals surface area contributed by atoms with Gasteiger partial charge in [-0.3, -0.25) is 14.5 Å². The summed E-state index contributed by atoms with van der Waals surface area (Å²) in [5, 5.41) is 2.81. The van der Waals surface area contributed by atoms with Crippen molar-refractivity contribution in [3.05, 3.63) is 60.2 Å². The van der Waals surface area contributed by atoms with Gasteiger partial charge in [-0.15, -0.1) is 0 Å². The zero-order valence-corrected chi connectivity index (χ0v) is 18.7. The first-order valence-corrected chi connectivity index (χ1v) is 11.2. The first-order valence-electron chi connectivity index (χ1n) is 11.2. The maximum absolute atomic E-state index is 12.9. The summed E-state index contributed by atoms with van der Waals surface area (Å²) in [6.07, 6.45) is 2.32. The first kappa shape index (κ1) is 22.1. The average molecular weight is 438 g/mol. The lowest BCUT2D eigenvalue weighted by Crippen LogP contribution is -2.51. The predicted molar refractivity (Wildman–Crippen MR) is 122 cm³/mol. The molecule has 2 saturated heterocycles. The molecule has 0 unspecified atom stereocenters. The molecule has 2 aromatic carbocycles. The Hall–Kier alpha value is -3.06. The van der Waals surface area contributed by atoms with Crippen LogP contribution in [-0.2, 0) is 4.79 Å². The summed E-state index contributed by atoms with van der Waals surface area (Å²) < 4.78 is 11.3. The molecule has 0 aliphatic carbocycles. The third-order valence-corrected chi connectivity index (χ3v) is 6.45. The Bertz CT molecular complexity index is 911. The highest BCUT2D eigenvalue weighted by Gasteiger charge is 2.42. The predicted octanol–water partition coefficient (Wildman–Crippen LogP) is 2.57. The zero-order chi connectivity index (χ0) is 22.5. The molecule has 7 heteroatoms. The normalized spacial score (nSPS) is 21.9. The Balaban J connectivity index is 1.38. The van der Waals surface area contributed by atoms with Crippen LogP contribution in [0.4, 0.5) is 0 Å². The SMILES string of the molecule is CNC(=O)[C@@H]1C[C@H](Oc2ccccc2)CN1C1CCN(C(=O)c2ccc(OC)cc2)CC1. The maximum atomic E-state index is 12.9. The zero-order valence-electron chi connectivity index (χ0n) is 18.7. The van der Waals surface area contributed by atoms with E-state index in [1.165, 1.54) is 0 Å². The number of carbonyl (C=O) groups is 2. The third-order valence-electron chi connectivity index (χ3n) is 6.45. The third kappa shape index (κ3) is 4.88. The van der Waals surface area contributed by atoms with E-state index in [-0.39, 0.29) is 30.0 Å². The number of nitrogens with zero attached hydrogens (tertiary/aromatic N) is 2. The molecule has 1 N–H and O–H groups in total.